The number of nitrogens with zero attached hydrogens (tertiary/aromatic N) is 4. The van der Waals surface area contributed by atoms with Crippen molar-refractivity contribution in [1.82, 2.24) is 24.8 Å². The van der Waals surface area contributed by atoms with E-state index in [1.165, 1.54) is 6.07 Å². The number of pyridine rings is 1. The Balaban J connectivity index is 2.08. The third-order valence-corrected chi connectivity index (χ3v) is 4.18. The fourth-order valence-corrected chi connectivity index (χ4v) is 3.07. The third-order valence-electron chi connectivity index (χ3n) is 3.88. The van der Waals surface area contributed by atoms with Crippen molar-refractivity contribution < 1.29 is 4.39 Å². The summed E-state index contributed by atoms with van der Waals surface area (Å²) < 4.78 is 15.8. The van der Waals surface area contributed by atoms with E-state index in [9.17, 15) is 4.39 Å². The van der Waals surface area contributed by atoms with Gasteiger partial charge in [-0.1, -0.05) is 18.5 Å². The first kappa shape index (κ1) is 14.1. The summed E-state index contributed by atoms with van der Waals surface area (Å²) in [7, 11) is 0. The zero-order chi connectivity index (χ0) is 16.1. The van der Waals surface area contributed by atoms with Crippen molar-refractivity contribution >= 4 is 28.2 Å². The van der Waals surface area contributed by atoms with E-state index in [1.807, 2.05) is 26.0 Å². The molecule has 0 saturated carbocycles. The van der Waals surface area contributed by atoms with Gasteiger partial charge in [0, 0.05) is 17.4 Å². The van der Waals surface area contributed by atoms with Gasteiger partial charge in [0.05, 0.1) is 22.4 Å². The first-order valence-electron chi connectivity index (χ1n) is 7.26. The van der Waals surface area contributed by atoms with Crippen molar-refractivity contribution in [2.24, 2.45) is 0 Å². The molecular weight excluding hydrogens is 317 g/mol. The minimum absolute atomic E-state index is 0.228. The second-order valence-corrected chi connectivity index (χ2v) is 5.84. The summed E-state index contributed by atoms with van der Waals surface area (Å²) in [4.78, 5) is 4.26. The van der Waals surface area contributed by atoms with Crippen molar-refractivity contribution in [2.75, 3.05) is 0 Å². The number of rotatable bonds is 2. The molecule has 0 unspecified atom stereocenters. The molecule has 0 fully saturated rings. The van der Waals surface area contributed by atoms with E-state index in [0.717, 1.165) is 27.7 Å². The molecule has 0 radical (unpaired) electrons. The van der Waals surface area contributed by atoms with Crippen LogP contribution in [0.1, 0.15) is 18.3 Å². The molecule has 0 spiro atoms. The number of benzene rings is 1. The molecule has 0 aliphatic carbocycles. The highest BCUT2D eigenvalue weighted by Gasteiger charge is 2.17. The first-order valence-corrected chi connectivity index (χ1v) is 7.64. The third kappa shape index (κ3) is 2.09. The van der Waals surface area contributed by atoms with Crippen LogP contribution in [-0.4, -0.2) is 24.8 Å². The van der Waals surface area contributed by atoms with Gasteiger partial charge in [0.15, 0.2) is 17.3 Å². The topological polar surface area (TPSA) is 58.9 Å². The van der Waals surface area contributed by atoms with Gasteiger partial charge >= 0.3 is 0 Å². The van der Waals surface area contributed by atoms with E-state index in [1.54, 1.807) is 10.7 Å². The van der Waals surface area contributed by atoms with Crippen LogP contribution >= 0.6 is 11.6 Å². The maximum Gasteiger partial charge on any atom is 0.192 e. The SMILES string of the molecule is CCc1nc2c(F)cc(C)c(-c3cc(Cl)c4[nH]ncc4c3)n2n1. The van der Waals surface area contributed by atoms with Crippen LogP contribution in [0.2, 0.25) is 5.02 Å². The molecule has 4 rings (SSSR count). The normalized spacial score (nSPS) is 11.7. The monoisotopic (exact) mass is 329 g/mol. The molecule has 0 aliphatic rings. The molecule has 0 saturated heterocycles. The molecule has 0 aliphatic heterocycles. The van der Waals surface area contributed by atoms with E-state index in [4.69, 9.17) is 11.6 Å². The Labute approximate surface area is 136 Å². The van der Waals surface area contributed by atoms with Crippen LogP contribution in [-0.2, 0) is 6.42 Å². The predicted molar refractivity (Wildman–Crippen MR) is 87.2 cm³/mol. The molecule has 5 nitrogen and oxygen atoms in total. The van der Waals surface area contributed by atoms with Gasteiger partial charge in [-0.3, -0.25) is 5.10 Å². The van der Waals surface area contributed by atoms with Gasteiger partial charge < -0.3 is 0 Å². The van der Waals surface area contributed by atoms with E-state index >= 15 is 0 Å². The van der Waals surface area contributed by atoms with Crippen molar-refractivity contribution in [2.45, 2.75) is 20.3 Å². The second kappa shape index (κ2) is 5.03. The Morgan fingerprint density at radius 2 is 2.13 bits per heavy atom. The summed E-state index contributed by atoms with van der Waals surface area (Å²) in [5, 5.41) is 12.7. The highest BCUT2D eigenvalue weighted by Crippen LogP contribution is 2.32. The molecule has 0 bridgehead atoms. The summed E-state index contributed by atoms with van der Waals surface area (Å²) in [6, 6.07) is 5.26. The molecule has 7 heteroatoms. The van der Waals surface area contributed by atoms with Crippen LogP contribution in [0, 0.1) is 12.7 Å². The molecule has 4 aromatic rings. The molecule has 1 aromatic carbocycles. The number of hydrogen-bond acceptors (Lipinski definition) is 3. The Hall–Kier alpha value is -2.47. The van der Waals surface area contributed by atoms with Crippen LogP contribution in [0.4, 0.5) is 4.39 Å². The van der Waals surface area contributed by atoms with Crippen molar-refractivity contribution in [3.8, 4) is 11.3 Å². The molecular formula is C16H13ClFN5. The van der Waals surface area contributed by atoms with Gasteiger partial charge in [-0.05, 0) is 30.7 Å². The Kier molecular flexibility index (Phi) is 3.09. The van der Waals surface area contributed by atoms with Crippen molar-refractivity contribution in [3.05, 3.63) is 46.6 Å². The summed E-state index contributed by atoms with van der Waals surface area (Å²) in [6.07, 6.45) is 2.35. The summed E-state index contributed by atoms with van der Waals surface area (Å²) in [5.41, 5.74) is 3.39. The van der Waals surface area contributed by atoms with Crippen LogP contribution in [0.5, 0.6) is 0 Å². The maximum absolute atomic E-state index is 14.2. The molecule has 3 aromatic heterocycles. The van der Waals surface area contributed by atoms with Gasteiger partial charge in [-0.25, -0.2) is 13.9 Å². The number of nitrogens with one attached hydrogen (secondary N) is 1. The van der Waals surface area contributed by atoms with Gasteiger partial charge in [0.2, 0.25) is 0 Å². The standard InChI is InChI=1S/C16H13ClFN5/c1-3-13-20-16-12(18)4-8(2)15(23(16)22-13)9-5-10-7-19-21-14(10)11(17)6-9/h4-7H,3H2,1-2H3,(H,19,21). The summed E-state index contributed by atoms with van der Waals surface area (Å²) in [6.45, 7) is 3.78. The molecule has 0 atom stereocenters. The second-order valence-electron chi connectivity index (χ2n) is 5.43. The smallest absolute Gasteiger partial charge is 0.192 e. The van der Waals surface area contributed by atoms with Crippen molar-refractivity contribution in [3.63, 3.8) is 0 Å². The number of hydrogen-bond donors (Lipinski definition) is 1. The van der Waals surface area contributed by atoms with E-state index < -0.39 is 0 Å². The average Bonchev–Trinajstić information content (AvgIpc) is 3.13. The number of aromatic amines is 1. The van der Waals surface area contributed by atoms with Gasteiger partial charge in [-0.2, -0.15) is 10.2 Å². The van der Waals surface area contributed by atoms with Crippen LogP contribution < -0.4 is 0 Å². The lowest BCUT2D eigenvalue weighted by atomic mass is 10.0. The molecule has 116 valence electrons. The number of aromatic nitrogens is 5. The molecule has 0 amide bonds. The number of H-pyrrole nitrogens is 1. The van der Waals surface area contributed by atoms with Crippen LogP contribution in [0.25, 0.3) is 27.8 Å². The average molecular weight is 330 g/mol. The molecule has 1 N–H and O–H groups in total. The fraction of sp³-hybridized carbons (Fsp3) is 0.188. The Morgan fingerprint density at radius 3 is 2.91 bits per heavy atom. The Morgan fingerprint density at radius 1 is 1.30 bits per heavy atom. The quantitative estimate of drug-likeness (QED) is 0.606. The lowest BCUT2D eigenvalue weighted by Gasteiger charge is -2.10. The first-order chi connectivity index (χ1) is 11.1. The van der Waals surface area contributed by atoms with E-state index in [0.29, 0.717) is 17.3 Å². The fourth-order valence-electron chi connectivity index (χ4n) is 2.81. The van der Waals surface area contributed by atoms with E-state index in [-0.39, 0.29) is 11.5 Å². The highest BCUT2D eigenvalue weighted by molar-refractivity contribution is 6.35. The summed E-state index contributed by atoms with van der Waals surface area (Å²) in [5.74, 6) is 0.222. The highest BCUT2D eigenvalue weighted by atomic mass is 35.5. The van der Waals surface area contributed by atoms with Crippen LogP contribution in [0.15, 0.2) is 24.4 Å². The van der Waals surface area contributed by atoms with Gasteiger partial charge in [0.1, 0.15) is 0 Å². The number of aryl methyl sites for hydroxylation is 2. The zero-order valence-electron chi connectivity index (χ0n) is 12.6. The van der Waals surface area contributed by atoms with E-state index in [2.05, 4.69) is 20.3 Å². The molecule has 23 heavy (non-hydrogen) atoms. The van der Waals surface area contributed by atoms with Gasteiger partial charge in [0.25, 0.3) is 0 Å². The van der Waals surface area contributed by atoms with Crippen LogP contribution in [0.3, 0.4) is 0 Å². The Bertz CT molecular complexity index is 1050. The minimum atomic E-state index is -0.381. The zero-order valence-corrected chi connectivity index (χ0v) is 13.3. The largest absolute Gasteiger partial charge is 0.276 e. The predicted octanol–water partition coefficient (Wildman–Crippen LogP) is 3.94. The maximum atomic E-state index is 14.2. The lowest BCUT2D eigenvalue weighted by Crippen LogP contribution is -2.00. The number of halogens is 2. The van der Waals surface area contributed by atoms with Crippen molar-refractivity contribution in [1.29, 1.82) is 0 Å². The minimum Gasteiger partial charge on any atom is -0.276 e. The lowest BCUT2D eigenvalue weighted by molar-refractivity contribution is 0.626. The summed E-state index contributed by atoms with van der Waals surface area (Å²) >= 11 is 6.33. The number of fused-ring (bicyclic) bond motifs is 2. The van der Waals surface area contributed by atoms with Gasteiger partial charge in [-0.15, -0.1) is 0 Å². The molecule has 3 heterocycles.